The van der Waals surface area contributed by atoms with Crippen molar-refractivity contribution in [1.29, 1.82) is 0 Å². The van der Waals surface area contributed by atoms with Gasteiger partial charge in [-0.25, -0.2) is 15.0 Å². The van der Waals surface area contributed by atoms with E-state index in [0.29, 0.717) is 17.5 Å². The van der Waals surface area contributed by atoms with Gasteiger partial charge in [0, 0.05) is 54.6 Å². The van der Waals surface area contributed by atoms with Gasteiger partial charge in [-0.2, -0.15) is 0 Å². The zero-order valence-corrected chi connectivity index (χ0v) is 27.0. The lowest BCUT2D eigenvalue weighted by Gasteiger charge is -2.08. The molecule has 0 atom stereocenters. The van der Waals surface area contributed by atoms with Gasteiger partial charge in [0.2, 0.25) is 0 Å². The maximum Gasteiger partial charge on any atom is 0.164 e. The van der Waals surface area contributed by atoms with E-state index in [1.807, 2.05) is 97.1 Å². The normalized spacial score (nSPS) is 11.9. The number of aromatic nitrogens is 3. The second-order valence-electron chi connectivity index (χ2n) is 12.8. The predicted molar refractivity (Wildman–Crippen MR) is 203 cm³/mol. The van der Waals surface area contributed by atoms with Crippen LogP contribution < -0.4 is 0 Å². The summed E-state index contributed by atoms with van der Waals surface area (Å²) in [6, 6.07) is 51.1. The summed E-state index contributed by atoms with van der Waals surface area (Å²) in [6.07, 6.45) is 0. The Labute approximate surface area is 290 Å². The Kier molecular flexibility index (Phi) is 5.86. The zero-order valence-electron chi connectivity index (χ0n) is 27.0. The van der Waals surface area contributed by atoms with Crippen LogP contribution in [-0.2, 0) is 0 Å². The van der Waals surface area contributed by atoms with Crippen LogP contribution in [0, 0.1) is 0 Å². The second-order valence-corrected chi connectivity index (χ2v) is 12.8. The fourth-order valence-electron chi connectivity index (χ4n) is 7.36. The highest BCUT2D eigenvalue weighted by atomic mass is 16.3. The van der Waals surface area contributed by atoms with E-state index in [9.17, 15) is 0 Å². The molecule has 0 aliphatic rings. The number of nitrogens with zero attached hydrogens (tertiary/aromatic N) is 3. The van der Waals surface area contributed by atoms with E-state index in [-0.39, 0.29) is 0 Å². The third-order valence-corrected chi connectivity index (χ3v) is 9.75. The Bertz CT molecular complexity index is 3150. The van der Waals surface area contributed by atoms with Gasteiger partial charge in [0.1, 0.15) is 33.5 Å². The fraction of sp³-hybridized carbons (Fsp3) is 0. The molecule has 51 heavy (non-hydrogen) atoms. The van der Waals surface area contributed by atoms with Crippen LogP contribution in [0.1, 0.15) is 0 Å². The third kappa shape index (κ3) is 4.33. The quantitative estimate of drug-likeness (QED) is 0.188. The zero-order chi connectivity index (χ0) is 33.5. The second kappa shape index (κ2) is 10.7. The van der Waals surface area contributed by atoms with E-state index in [2.05, 4.69) is 54.6 Å². The molecule has 0 saturated heterocycles. The van der Waals surface area contributed by atoms with Gasteiger partial charge in [-0.05, 0) is 48.0 Å². The minimum Gasteiger partial charge on any atom is -0.456 e. The Morgan fingerprint density at radius 1 is 0.314 bits per heavy atom. The van der Waals surface area contributed by atoms with E-state index in [0.717, 1.165) is 93.6 Å². The van der Waals surface area contributed by atoms with E-state index < -0.39 is 0 Å². The first-order valence-electron chi connectivity index (χ1n) is 16.8. The molecular formula is C45H25N3O3. The van der Waals surface area contributed by atoms with Gasteiger partial charge >= 0.3 is 0 Å². The summed E-state index contributed by atoms with van der Waals surface area (Å²) < 4.78 is 19.2. The van der Waals surface area contributed by atoms with Gasteiger partial charge in [0.05, 0.1) is 0 Å². The summed E-state index contributed by atoms with van der Waals surface area (Å²) in [7, 11) is 0. The molecule has 6 nitrogen and oxygen atoms in total. The lowest BCUT2D eigenvalue weighted by Crippen LogP contribution is -2.00. The lowest BCUT2D eigenvalue weighted by molar-refractivity contribution is 0.668. The Hall–Kier alpha value is -7.05. The topological polar surface area (TPSA) is 78.1 Å². The van der Waals surface area contributed by atoms with Gasteiger partial charge in [-0.15, -0.1) is 0 Å². The summed E-state index contributed by atoms with van der Waals surface area (Å²) in [4.78, 5) is 15.0. The molecule has 0 bridgehead atoms. The highest BCUT2D eigenvalue weighted by Crippen LogP contribution is 2.42. The van der Waals surface area contributed by atoms with Gasteiger partial charge in [-0.3, -0.25) is 0 Å². The van der Waals surface area contributed by atoms with Gasteiger partial charge in [0.15, 0.2) is 17.5 Å². The number of furan rings is 3. The first-order chi connectivity index (χ1) is 25.2. The number of fused-ring (bicyclic) bond motifs is 9. The largest absolute Gasteiger partial charge is 0.456 e. The first-order valence-corrected chi connectivity index (χ1v) is 16.8. The van der Waals surface area contributed by atoms with Crippen molar-refractivity contribution in [2.24, 2.45) is 0 Å². The van der Waals surface area contributed by atoms with E-state index >= 15 is 0 Å². The minimum atomic E-state index is 0.556. The van der Waals surface area contributed by atoms with Crippen molar-refractivity contribution >= 4 is 65.8 Å². The van der Waals surface area contributed by atoms with Crippen LogP contribution in [0.5, 0.6) is 0 Å². The molecule has 4 heterocycles. The Morgan fingerprint density at radius 3 is 1.59 bits per heavy atom. The molecule has 7 aromatic carbocycles. The van der Waals surface area contributed by atoms with Gasteiger partial charge in [-0.1, -0.05) is 109 Å². The molecule has 6 heteroatoms. The van der Waals surface area contributed by atoms with Crippen LogP contribution in [0.2, 0.25) is 0 Å². The SMILES string of the molecule is c1ccc(-c2nc(-c3ccc4c(c3)oc3ccccc34)nc(-c3ccc4c(c3)oc3c(-c5cccc6oc7ccccc7c56)cccc34)n2)cc1. The number of para-hydroxylation sites is 3. The van der Waals surface area contributed by atoms with Crippen molar-refractivity contribution in [3.8, 4) is 45.3 Å². The van der Waals surface area contributed by atoms with Crippen LogP contribution in [0.3, 0.4) is 0 Å². The molecule has 11 aromatic rings. The maximum absolute atomic E-state index is 6.73. The molecular weight excluding hydrogens is 631 g/mol. The highest BCUT2D eigenvalue weighted by molar-refractivity contribution is 6.17. The average molecular weight is 656 g/mol. The fourth-order valence-corrected chi connectivity index (χ4v) is 7.36. The van der Waals surface area contributed by atoms with Crippen molar-refractivity contribution in [1.82, 2.24) is 15.0 Å². The number of rotatable bonds is 4. The molecule has 0 spiro atoms. The molecule has 0 N–H and O–H groups in total. The standard InChI is InChI=1S/C45H25N3O3/c1-2-10-26(11-3-1)43-46-44(27-20-22-30-29-12-4-6-17-36(29)50-39(30)24-27)48-45(47-43)28-21-23-31-33-15-8-16-34(42(33)51-40(31)25-28)32-14-9-19-38-41(32)35-13-5-7-18-37(35)49-38/h1-25H. The summed E-state index contributed by atoms with van der Waals surface area (Å²) in [6.45, 7) is 0. The van der Waals surface area contributed by atoms with Gasteiger partial charge in [0.25, 0.3) is 0 Å². The molecule has 0 unspecified atom stereocenters. The van der Waals surface area contributed by atoms with E-state index in [1.165, 1.54) is 0 Å². The van der Waals surface area contributed by atoms with Crippen LogP contribution in [0.25, 0.3) is 111 Å². The molecule has 0 amide bonds. The Balaban J connectivity index is 1.08. The van der Waals surface area contributed by atoms with Crippen LogP contribution in [-0.4, -0.2) is 15.0 Å². The van der Waals surface area contributed by atoms with Crippen LogP contribution >= 0.6 is 0 Å². The highest BCUT2D eigenvalue weighted by Gasteiger charge is 2.19. The van der Waals surface area contributed by atoms with Gasteiger partial charge < -0.3 is 13.3 Å². The monoisotopic (exact) mass is 655 g/mol. The number of benzene rings is 7. The van der Waals surface area contributed by atoms with Crippen molar-refractivity contribution in [3.05, 3.63) is 152 Å². The lowest BCUT2D eigenvalue weighted by atomic mass is 9.97. The molecule has 4 aromatic heterocycles. The first kappa shape index (κ1) is 27.9. The predicted octanol–water partition coefficient (Wildman–Crippen LogP) is 12.2. The smallest absolute Gasteiger partial charge is 0.164 e. The molecule has 0 aliphatic carbocycles. The maximum atomic E-state index is 6.73. The van der Waals surface area contributed by atoms with E-state index in [4.69, 9.17) is 28.2 Å². The summed E-state index contributed by atoms with van der Waals surface area (Å²) in [5.41, 5.74) is 9.59. The summed E-state index contributed by atoms with van der Waals surface area (Å²) >= 11 is 0. The minimum absolute atomic E-state index is 0.556. The van der Waals surface area contributed by atoms with Crippen LogP contribution in [0.4, 0.5) is 0 Å². The molecule has 0 fully saturated rings. The molecule has 238 valence electrons. The number of hydrogen-bond acceptors (Lipinski definition) is 6. The third-order valence-electron chi connectivity index (χ3n) is 9.75. The Morgan fingerprint density at radius 2 is 0.824 bits per heavy atom. The molecule has 0 aliphatic heterocycles. The average Bonchev–Trinajstić information content (AvgIpc) is 3.88. The van der Waals surface area contributed by atoms with Crippen molar-refractivity contribution in [3.63, 3.8) is 0 Å². The summed E-state index contributed by atoms with van der Waals surface area (Å²) in [5, 5.41) is 6.36. The summed E-state index contributed by atoms with van der Waals surface area (Å²) in [5.74, 6) is 1.71. The molecule has 11 rings (SSSR count). The molecule has 0 radical (unpaired) electrons. The molecule has 0 saturated carbocycles. The van der Waals surface area contributed by atoms with E-state index in [1.54, 1.807) is 0 Å². The van der Waals surface area contributed by atoms with Crippen molar-refractivity contribution in [2.45, 2.75) is 0 Å². The van der Waals surface area contributed by atoms with Crippen LogP contribution in [0.15, 0.2) is 165 Å². The number of hydrogen-bond donors (Lipinski definition) is 0. The van der Waals surface area contributed by atoms with Crippen molar-refractivity contribution in [2.75, 3.05) is 0 Å². The van der Waals surface area contributed by atoms with Crippen molar-refractivity contribution < 1.29 is 13.3 Å².